The predicted molar refractivity (Wildman–Crippen MR) is 56.9 cm³/mol. The van der Waals surface area contributed by atoms with E-state index >= 15 is 0 Å². The molecule has 90 valence electrons. The first-order chi connectivity index (χ1) is 7.99. The van der Waals surface area contributed by atoms with E-state index in [1.807, 2.05) is 9.97 Å². The molecule has 0 spiro atoms. The SMILES string of the molecule is Nc1[nH]c(=O)ncc1F.O=c1cc[nH]c(=O)[nH]1. The van der Waals surface area contributed by atoms with Gasteiger partial charge in [0.1, 0.15) is 5.82 Å². The number of aromatic nitrogens is 4. The Bertz CT molecular complexity index is 633. The van der Waals surface area contributed by atoms with Crippen molar-refractivity contribution in [2.24, 2.45) is 0 Å². The Morgan fingerprint density at radius 2 is 1.94 bits per heavy atom. The van der Waals surface area contributed by atoms with Crippen molar-refractivity contribution in [3.8, 4) is 0 Å². The number of aromatic amines is 3. The van der Waals surface area contributed by atoms with E-state index in [0.717, 1.165) is 6.20 Å². The molecule has 0 aliphatic carbocycles. The van der Waals surface area contributed by atoms with Crippen LogP contribution in [0, 0.1) is 5.82 Å². The third-order valence-electron chi connectivity index (χ3n) is 1.48. The van der Waals surface area contributed by atoms with E-state index in [9.17, 15) is 18.8 Å². The van der Waals surface area contributed by atoms with Crippen molar-refractivity contribution in [1.82, 2.24) is 19.9 Å². The molecule has 2 heterocycles. The highest BCUT2D eigenvalue weighted by Crippen LogP contribution is 1.96. The fraction of sp³-hybridized carbons (Fsp3) is 0. The lowest BCUT2D eigenvalue weighted by Gasteiger charge is -1.89. The van der Waals surface area contributed by atoms with E-state index in [1.54, 1.807) is 0 Å². The number of nitrogens with one attached hydrogen (secondary N) is 3. The lowest BCUT2D eigenvalue weighted by Crippen LogP contribution is -2.19. The monoisotopic (exact) mass is 241 g/mol. The van der Waals surface area contributed by atoms with Gasteiger partial charge < -0.3 is 10.7 Å². The highest BCUT2D eigenvalue weighted by Gasteiger charge is 1.95. The Morgan fingerprint density at radius 3 is 2.35 bits per heavy atom. The quantitative estimate of drug-likeness (QED) is 0.447. The molecule has 0 atom stereocenters. The lowest BCUT2D eigenvalue weighted by atomic mass is 10.6. The summed E-state index contributed by atoms with van der Waals surface area (Å²) < 4.78 is 12.1. The van der Waals surface area contributed by atoms with Crippen molar-refractivity contribution < 1.29 is 4.39 Å². The maximum atomic E-state index is 12.1. The van der Waals surface area contributed by atoms with Crippen LogP contribution in [-0.4, -0.2) is 19.9 Å². The molecule has 2 rings (SSSR count). The van der Waals surface area contributed by atoms with Crippen LogP contribution in [0.25, 0.3) is 0 Å². The largest absolute Gasteiger partial charge is 0.383 e. The van der Waals surface area contributed by atoms with E-state index in [1.165, 1.54) is 12.3 Å². The topological polar surface area (TPSA) is 137 Å². The molecule has 0 saturated carbocycles. The average Bonchev–Trinajstić information content (AvgIpc) is 2.24. The van der Waals surface area contributed by atoms with Crippen LogP contribution in [0.5, 0.6) is 0 Å². The Labute approximate surface area is 92.4 Å². The second kappa shape index (κ2) is 5.39. The third-order valence-corrected chi connectivity index (χ3v) is 1.48. The van der Waals surface area contributed by atoms with E-state index < -0.39 is 17.2 Å². The number of anilines is 1. The molecule has 8 nitrogen and oxygen atoms in total. The molecular weight excluding hydrogens is 233 g/mol. The van der Waals surface area contributed by atoms with Crippen LogP contribution in [-0.2, 0) is 0 Å². The van der Waals surface area contributed by atoms with E-state index in [4.69, 9.17) is 5.73 Å². The number of nitrogen functional groups attached to an aromatic ring is 1. The Kier molecular flexibility index (Phi) is 3.92. The van der Waals surface area contributed by atoms with Gasteiger partial charge in [0.15, 0.2) is 5.82 Å². The Morgan fingerprint density at radius 1 is 1.24 bits per heavy atom. The molecule has 9 heteroatoms. The number of H-pyrrole nitrogens is 3. The minimum atomic E-state index is -0.713. The molecule has 0 aliphatic heterocycles. The van der Waals surface area contributed by atoms with Gasteiger partial charge in [0.05, 0.1) is 6.20 Å². The number of nitrogens with zero attached hydrogens (tertiary/aromatic N) is 1. The van der Waals surface area contributed by atoms with Gasteiger partial charge in [0, 0.05) is 12.3 Å². The number of nitrogens with two attached hydrogens (primary N) is 1. The number of halogens is 1. The summed E-state index contributed by atoms with van der Waals surface area (Å²) in [6.07, 6.45) is 2.06. The zero-order chi connectivity index (χ0) is 12.8. The Balaban J connectivity index is 0.000000171. The maximum Gasteiger partial charge on any atom is 0.346 e. The smallest absolute Gasteiger partial charge is 0.346 e. The van der Waals surface area contributed by atoms with Gasteiger partial charge in [-0.2, -0.15) is 4.98 Å². The molecule has 0 amide bonds. The second-order valence-corrected chi connectivity index (χ2v) is 2.75. The standard InChI is InChI=1S/C4H4FN3O.C4H4N2O2/c5-2-1-7-4(9)8-3(2)6;7-3-1-2-5-4(8)6-3/h1H,(H3,6,7,8,9);1-2H,(H2,5,6,7,8). The summed E-state index contributed by atoms with van der Waals surface area (Å²) in [6.45, 7) is 0. The zero-order valence-electron chi connectivity index (χ0n) is 8.36. The molecule has 0 radical (unpaired) electrons. The van der Waals surface area contributed by atoms with Gasteiger partial charge in [-0.25, -0.2) is 14.0 Å². The molecule has 0 aromatic carbocycles. The molecule has 2 aromatic rings. The van der Waals surface area contributed by atoms with Gasteiger partial charge in [-0.05, 0) is 0 Å². The number of rotatable bonds is 0. The van der Waals surface area contributed by atoms with Crippen LogP contribution in [0.4, 0.5) is 10.2 Å². The molecule has 0 aliphatic rings. The third kappa shape index (κ3) is 4.11. The summed E-state index contributed by atoms with van der Waals surface area (Å²) in [5.41, 5.74) is 3.45. The number of hydrogen-bond donors (Lipinski definition) is 4. The normalized spacial score (nSPS) is 9.24. The maximum absolute atomic E-state index is 12.1. The molecule has 0 bridgehead atoms. The minimum Gasteiger partial charge on any atom is -0.383 e. The van der Waals surface area contributed by atoms with E-state index in [0.29, 0.717) is 0 Å². The fourth-order valence-corrected chi connectivity index (χ4v) is 0.775. The van der Waals surface area contributed by atoms with Crippen molar-refractivity contribution in [3.05, 3.63) is 55.6 Å². The summed E-state index contributed by atoms with van der Waals surface area (Å²) in [7, 11) is 0. The van der Waals surface area contributed by atoms with Gasteiger partial charge >= 0.3 is 11.4 Å². The summed E-state index contributed by atoms with van der Waals surface area (Å²) in [6, 6.07) is 1.24. The average molecular weight is 241 g/mol. The molecular formula is C8H8FN5O3. The molecule has 5 N–H and O–H groups in total. The van der Waals surface area contributed by atoms with Gasteiger partial charge in [0.2, 0.25) is 0 Å². The summed E-state index contributed by atoms with van der Waals surface area (Å²) >= 11 is 0. The van der Waals surface area contributed by atoms with Crippen LogP contribution in [0.2, 0.25) is 0 Å². The molecule has 17 heavy (non-hydrogen) atoms. The summed E-state index contributed by atoms with van der Waals surface area (Å²) in [5.74, 6) is -0.996. The first-order valence-corrected chi connectivity index (χ1v) is 4.27. The van der Waals surface area contributed by atoms with Crippen molar-refractivity contribution in [2.45, 2.75) is 0 Å². The highest BCUT2D eigenvalue weighted by atomic mass is 19.1. The van der Waals surface area contributed by atoms with Gasteiger partial charge in [-0.3, -0.25) is 14.8 Å². The fourth-order valence-electron chi connectivity index (χ4n) is 0.775. The van der Waals surface area contributed by atoms with Crippen LogP contribution in [0.1, 0.15) is 0 Å². The van der Waals surface area contributed by atoms with Crippen molar-refractivity contribution >= 4 is 5.82 Å². The van der Waals surface area contributed by atoms with Gasteiger partial charge in [-0.15, -0.1) is 0 Å². The lowest BCUT2D eigenvalue weighted by molar-refractivity contribution is 0.617. The van der Waals surface area contributed by atoms with Crippen LogP contribution >= 0.6 is 0 Å². The first kappa shape index (κ1) is 12.4. The molecule has 0 fully saturated rings. The zero-order valence-corrected chi connectivity index (χ0v) is 8.36. The highest BCUT2D eigenvalue weighted by molar-refractivity contribution is 5.25. The predicted octanol–water partition coefficient (Wildman–Crippen LogP) is -1.45. The first-order valence-electron chi connectivity index (χ1n) is 4.27. The number of hydrogen-bond acceptors (Lipinski definition) is 5. The van der Waals surface area contributed by atoms with Crippen molar-refractivity contribution in [1.29, 1.82) is 0 Å². The van der Waals surface area contributed by atoms with E-state index in [2.05, 4.69) is 9.97 Å². The van der Waals surface area contributed by atoms with Crippen molar-refractivity contribution in [2.75, 3.05) is 5.73 Å². The molecule has 0 saturated heterocycles. The molecule has 0 unspecified atom stereocenters. The summed E-state index contributed by atoms with van der Waals surface area (Å²) in [4.78, 5) is 39.9. The van der Waals surface area contributed by atoms with Crippen LogP contribution < -0.4 is 22.7 Å². The van der Waals surface area contributed by atoms with E-state index in [-0.39, 0.29) is 11.4 Å². The minimum absolute atomic E-state index is 0.282. The van der Waals surface area contributed by atoms with Crippen molar-refractivity contribution in [3.63, 3.8) is 0 Å². The van der Waals surface area contributed by atoms with Gasteiger partial charge in [0.25, 0.3) is 5.56 Å². The van der Waals surface area contributed by atoms with Crippen LogP contribution in [0.3, 0.4) is 0 Å². The van der Waals surface area contributed by atoms with Gasteiger partial charge in [-0.1, -0.05) is 0 Å². The van der Waals surface area contributed by atoms with Crippen LogP contribution in [0.15, 0.2) is 32.8 Å². The second-order valence-electron chi connectivity index (χ2n) is 2.75. The Hall–Kier alpha value is -2.71. The summed E-state index contributed by atoms with van der Waals surface area (Å²) in [5, 5.41) is 0. The molecule has 2 aromatic heterocycles.